The first-order valence-electron chi connectivity index (χ1n) is 8.56. The van der Waals surface area contributed by atoms with E-state index in [1.165, 1.54) is 24.3 Å². The second-order valence-corrected chi connectivity index (χ2v) is 6.47. The van der Waals surface area contributed by atoms with Gasteiger partial charge in [-0.1, -0.05) is 6.07 Å². The van der Waals surface area contributed by atoms with Crippen molar-refractivity contribution in [2.24, 2.45) is 0 Å². The van der Waals surface area contributed by atoms with Gasteiger partial charge in [-0.3, -0.25) is 0 Å². The molecule has 29 heavy (non-hydrogen) atoms. The Morgan fingerprint density at radius 1 is 1.03 bits per heavy atom. The van der Waals surface area contributed by atoms with Crippen LogP contribution < -0.4 is 14.8 Å². The van der Waals surface area contributed by atoms with Gasteiger partial charge in [-0.25, -0.2) is 9.07 Å². The van der Waals surface area contributed by atoms with Gasteiger partial charge in [0, 0.05) is 5.70 Å². The predicted molar refractivity (Wildman–Crippen MR) is 93.7 cm³/mol. The molecule has 0 unspecified atom stereocenters. The van der Waals surface area contributed by atoms with Gasteiger partial charge >= 0.3 is 6.18 Å². The molecule has 1 N–H and O–H groups in total. The molecule has 6 nitrogen and oxygen atoms in total. The molecule has 0 aliphatic carbocycles. The predicted octanol–water partition coefficient (Wildman–Crippen LogP) is 4.22. The summed E-state index contributed by atoms with van der Waals surface area (Å²) in [5, 5.41) is 6.51. The Bertz CT molecular complexity index is 1120. The van der Waals surface area contributed by atoms with Gasteiger partial charge in [0.25, 0.3) is 5.82 Å². The van der Waals surface area contributed by atoms with Crippen molar-refractivity contribution in [3.8, 4) is 11.5 Å². The van der Waals surface area contributed by atoms with E-state index in [1.54, 1.807) is 24.3 Å². The van der Waals surface area contributed by atoms with Crippen LogP contribution >= 0.6 is 0 Å². The summed E-state index contributed by atoms with van der Waals surface area (Å²) < 4.78 is 64.7. The fourth-order valence-electron chi connectivity index (χ4n) is 3.25. The van der Waals surface area contributed by atoms with Gasteiger partial charge < -0.3 is 14.8 Å². The Morgan fingerprint density at radius 2 is 1.79 bits per heavy atom. The van der Waals surface area contributed by atoms with E-state index in [0.717, 1.165) is 4.68 Å². The largest absolute Gasteiger partial charge is 0.454 e. The molecule has 1 aromatic heterocycles. The van der Waals surface area contributed by atoms with Crippen LogP contribution in [0, 0.1) is 5.82 Å². The van der Waals surface area contributed by atoms with Crippen LogP contribution in [0.4, 0.5) is 23.5 Å². The van der Waals surface area contributed by atoms with Gasteiger partial charge in [-0.15, -0.1) is 5.10 Å². The summed E-state index contributed by atoms with van der Waals surface area (Å²) in [6.07, 6.45) is -2.99. The van der Waals surface area contributed by atoms with Gasteiger partial charge in [0.05, 0.1) is 0 Å². The molecule has 5 rings (SSSR count). The van der Waals surface area contributed by atoms with Crippen molar-refractivity contribution in [1.29, 1.82) is 0 Å². The molecular formula is C19H12F4N4O2. The van der Waals surface area contributed by atoms with Crippen LogP contribution in [0.15, 0.2) is 48.5 Å². The molecule has 2 aliphatic rings. The lowest BCUT2D eigenvalue weighted by Gasteiger charge is -2.24. The van der Waals surface area contributed by atoms with Crippen LogP contribution in [0.3, 0.4) is 0 Å². The maximum Gasteiger partial charge on any atom is 0.453 e. The second kappa shape index (κ2) is 6.23. The SMILES string of the molecule is Fc1ccc(C2=C[C@@H](c3ccc4c(c3)OCO4)n3nc(C(F)(F)F)nc3N2)cc1. The summed E-state index contributed by atoms with van der Waals surface area (Å²) >= 11 is 0. The first-order valence-corrected chi connectivity index (χ1v) is 8.56. The van der Waals surface area contributed by atoms with Crippen LogP contribution in [0.25, 0.3) is 5.70 Å². The topological polar surface area (TPSA) is 61.2 Å². The molecule has 10 heteroatoms. The molecule has 0 saturated carbocycles. The Morgan fingerprint density at radius 3 is 2.55 bits per heavy atom. The average Bonchev–Trinajstić information content (AvgIpc) is 3.33. The summed E-state index contributed by atoms with van der Waals surface area (Å²) in [4.78, 5) is 3.61. The molecule has 3 aromatic rings. The highest BCUT2D eigenvalue weighted by atomic mass is 19.4. The van der Waals surface area contributed by atoms with Gasteiger partial charge in [-0.05, 0) is 53.6 Å². The molecule has 0 spiro atoms. The van der Waals surface area contributed by atoms with Gasteiger partial charge in [0.2, 0.25) is 12.7 Å². The van der Waals surface area contributed by atoms with Crippen LogP contribution in [0.1, 0.15) is 23.0 Å². The van der Waals surface area contributed by atoms with Crippen molar-refractivity contribution in [1.82, 2.24) is 14.8 Å². The maximum atomic E-state index is 13.3. The number of hydrogen-bond donors (Lipinski definition) is 1. The third-order valence-corrected chi connectivity index (χ3v) is 4.61. The van der Waals surface area contributed by atoms with Crippen LogP contribution in [-0.2, 0) is 6.18 Å². The van der Waals surface area contributed by atoms with Crippen LogP contribution in [0.2, 0.25) is 0 Å². The van der Waals surface area contributed by atoms with Crippen molar-refractivity contribution < 1.29 is 27.0 Å². The molecule has 0 amide bonds. The van der Waals surface area contributed by atoms with Gasteiger partial charge in [0.15, 0.2) is 11.5 Å². The van der Waals surface area contributed by atoms with E-state index >= 15 is 0 Å². The smallest absolute Gasteiger partial charge is 0.453 e. The third kappa shape index (κ3) is 3.06. The summed E-state index contributed by atoms with van der Waals surface area (Å²) in [5.41, 5.74) is 1.72. The Hall–Kier alpha value is -3.56. The zero-order chi connectivity index (χ0) is 20.2. The molecule has 2 aromatic carbocycles. The van der Waals surface area contributed by atoms with Crippen LogP contribution in [0.5, 0.6) is 11.5 Å². The minimum absolute atomic E-state index is 0.0678. The molecule has 0 bridgehead atoms. The van der Waals surface area contributed by atoms with Crippen molar-refractivity contribution in [2.45, 2.75) is 12.2 Å². The lowest BCUT2D eigenvalue weighted by atomic mass is 10.0. The molecule has 148 valence electrons. The number of fused-ring (bicyclic) bond motifs is 2. The zero-order valence-electron chi connectivity index (χ0n) is 14.6. The molecule has 1 atom stereocenters. The maximum absolute atomic E-state index is 13.3. The van der Waals surface area contributed by atoms with Crippen molar-refractivity contribution in [3.63, 3.8) is 0 Å². The number of allylic oxidation sites excluding steroid dienone is 1. The van der Waals surface area contributed by atoms with E-state index in [2.05, 4.69) is 15.4 Å². The van der Waals surface area contributed by atoms with Crippen LogP contribution in [-0.4, -0.2) is 21.6 Å². The van der Waals surface area contributed by atoms with Crippen molar-refractivity contribution in [2.75, 3.05) is 12.1 Å². The fraction of sp³-hybridized carbons (Fsp3) is 0.158. The summed E-state index contributed by atoms with van der Waals surface area (Å²) in [5.74, 6) is -0.683. The van der Waals surface area contributed by atoms with Gasteiger partial charge in [-0.2, -0.15) is 18.2 Å². The number of nitrogens with one attached hydrogen (secondary N) is 1. The minimum atomic E-state index is -4.69. The zero-order valence-corrected chi connectivity index (χ0v) is 14.6. The van der Waals surface area contributed by atoms with Crippen molar-refractivity contribution >= 4 is 11.6 Å². The highest BCUT2D eigenvalue weighted by Gasteiger charge is 2.39. The fourth-order valence-corrected chi connectivity index (χ4v) is 3.25. The second-order valence-electron chi connectivity index (χ2n) is 6.47. The summed E-state index contributed by atoms with van der Waals surface area (Å²) in [7, 11) is 0. The number of alkyl halides is 3. The molecule has 0 saturated heterocycles. The number of anilines is 1. The van der Waals surface area contributed by atoms with E-state index in [-0.39, 0.29) is 12.7 Å². The molecule has 0 fully saturated rings. The number of hydrogen-bond acceptors (Lipinski definition) is 5. The molecule has 0 radical (unpaired) electrons. The highest BCUT2D eigenvalue weighted by Crippen LogP contribution is 2.39. The summed E-state index contributed by atoms with van der Waals surface area (Å²) in [6.45, 7) is 0.0779. The van der Waals surface area contributed by atoms with E-state index in [4.69, 9.17) is 9.47 Å². The van der Waals surface area contributed by atoms with E-state index in [0.29, 0.717) is 28.3 Å². The van der Waals surface area contributed by atoms with Crippen molar-refractivity contribution in [3.05, 3.63) is 71.3 Å². The molecular weight excluding hydrogens is 392 g/mol. The highest BCUT2D eigenvalue weighted by molar-refractivity contribution is 5.77. The van der Waals surface area contributed by atoms with E-state index in [9.17, 15) is 17.6 Å². The number of ether oxygens (including phenoxy) is 2. The number of rotatable bonds is 2. The van der Waals surface area contributed by atoms with E-state index in [1.807, 2.05) is 0 Å². The minimum Gasteiger partial charge on any atom is -0.454 e. The standard InChI is InChI=1S/C19H12F4N4O2/c20-12-4-1-10(2-5-12)13-8-14(11-3-6-15-16(7-11)29-9-28-15)27-18(24-13)25-17(26-27)19(21,22)23/h1-8,14H,9H2,(H,24,25,26)/t14-/m0/s1. The third-order valence-electron chi connectivity index (χ3n) is 4.61. The lowest BCUT2D eigenvalue weighted by Crippen LogP contribution is -2.20. The monoisotopic (exact) mass is 404 g/mol. The molecule has 2 aliphatic heterocycles. The normalized spacial score (nSPS) is 17.5. The quantitative estimate of drug-likeness (QED) is 0.648. The number of aromatic nitrogens is 3. The average molecular weight is 404 g/mol. The Balaban J connectivity index is 1.63. The Labute approximate surface area is 161 Å². The number of nitrogens with zero attached hydrogens (tertiary/aromatic N) is 3. The first kappa shape index (κ1) is 17.5. The lowest BCUT2D eigenvalue weighted by molar-refractivity contribution is -0.145. The van der Waals surface area contributed by atoms with E-state index < -0.39 is 23.9 Å². The summed E-state index contributed by atoms with van der Waals surface area (Å²) in [6, 6.07) is 10.0. The molecule has 3 heterocycles. The Kier molecular flexibility index (Phi) is 3.76. The number of benzene rings is 2. The number of halogens is 4. The first-order chi connectivity index (χ1) is 13.9. The van der Waals surface area contributed by atoms with Gasteiger partial charge in [0.1, 0.15) is 11.9 Å².